The molecule has 0 bridgehead atoms. The smallest absolute Gasteiger partial charge is 0.272 e. The van der Waals surface area contributed by atoms with Gasteiger partial charge in [-0.05, 0) is 43.5 Å². The molecule has 30 heavy (non-hydrogen) atoms. The molecule has 0 spiro atoms. The van der Waals surface area contributed by atoms with Crippen LogP contribution in [0.3, 0.4) is 0 Å². The van der Waals surface area contributed by atoms with Crippen molar-refractivity contribution in [3.63, 3.8) is 0 Å². The molecule has 1 saturated carbocycles. The summed E-state index contributed by atoms with van der Waals surface area (Å²) in [5, 5.41) is 3.21. The van der Waals surface area contributed by atoms with Crippen LogP contribution in [0.4, 0.5) is 0 Å². The van der Waals surface area contributed by atoms with Crippen LogP contribution in [-0.2, 0) is 6.54 Å². The Morgan fingerprint density at radius 3 is 2.47 bits per heavy atom. The summed E-state index contributed by atoms with van der Waals surface area (Å²) in [6, 6.07) is 15.6. The zero-order valence-corrected chi connectivity index (χ0v) is 17.6. The van der Waals surface area contributed by atoms with Crippen LogP contribution in [-0.4, -0.2) is 21.5 Å². The second kappa shape index (κ2) is 9.24. The van der Waals surface area contributed by atoms with E-state index in [0.717, 1.165) is 23.9 Å². The molecule has 1 aliphatic carbocycles. The van der Waals surface area contributed by atoms with Crippen molar-refractivity contribution in [2.45, 2.75) is 64.5 Å². The fourth-order valence-corrected chi connectivity index (χ4v) is 4.31. The molecule has 0 saturated heterocycles. The van der Waals surface area contributed by atoms with E-state index in [4.69, 9.17) is 0 Å². The third-order valence-electron chi connectivity index (χ3n) is 6.00. The Labute approximate surface area is 177 Å². The van der Waals surface area contributed by atoms with Crippen molar-refractivity contribution in [3.05, 3.63) is 75.7 Å². The van der Waals surface area contributed by atoms with Crippen LogP contribution in [0.5, 0.6) is 0 Å². The van der Waals surface area contributed by atoms with Gasteiger partial charge >= 0.3 is 0 Å². The third-order valence-corrected chi connectivity index (χ3v) is 6.00. The van der Waals surface area contributed by atoms with Crippen LogP contribution in [0.25, 0.3) is 11.0 Å². The van der Waals surface area contributed by atoms with Crippen molar-refractivity contribution in [1.82, 2.24) is 14.9 Å². The third kappa shape index (κ3) is 4.61. The Morgan fingerprint density at radius 1 is 1.03 bits per heavy atom. The lowest BCUT2D eigenvalue weighted by molar-refractivity contribution is 0.0930. The Morgan fingerprint density at radius 2 is 1.73 bits per heavy atom. The molecule has 156 valence electrons. The molecule has 1 amide bonds. The highest BCUT2D eigenvalue weighted by atomic mass is 16.1. The molecule has 5 nitrogen and oxygen atoms in total. The molecule has 0 radical (unpaired) electrons. The number of aromatic nitrogens is 2. The fourth-order valence-electron chi connectivity index (χ4n) is 4.31. The molecule has 1 N–H and O–H groups in total. The second-order valence-corrected chi connectivity index (χ2v) is 8.29. The van der Waals surface area contributed by atoms with Gasteiger partial charge in [0.25, 0.3) is 11.5 Å². The molecule has 5 heteroatoms. The minimum absolute atomic E-state index is 0.0530. The second-order valence-electron chi connectivity index (χ2n) is 8.29. The number of hydrogen-bond acceptors (Lipinski definition) is 3. The molecule has 1 aliphatic rings. The van der Waals surface area contributed by atoms with E-state index >= 15 is 0 Å². The van der Waals surface area contributed by atoms with E-state index in [1.807, 2.05) is 42.5 Å². The number of nitrogens with zero attached hydrogens (tertiary/aromatic N) is 2. The number of carbonyl (C=O) groups is 1. The molecular formula is C25H29N3O2. The molecule has 0 aliphatic heterocycles. The Balaban J connectivity index is 1.61. The largest absolute Gasteiger partial charge is 0.349 e. The van der Waals surface area contributed by atoms with E-state index in [1.165, 1.54) is 32.1 Å². The van der Waals surface area contributed by atoms with Gasteiger partial charge in [-0.1, -0.05) is 62.4 Å². The van der Waals surface area contributed by atoms with E-state index < -0.39 is 0 Å². The van der Waals surface area contributed by atoms with Gasteiger partial charge in [0.2, 0.25) is 0 Å². The predicted octanol–water partition coefficient (Wildman–Crippen LogP) is 4.60. The Hall–Kier alpha value is -2.95. The van der Waals surface area contributed by atoms with Crippen LogP contribution in [0.2, 0.25) is 0 Å². The first-order valence-electron chi connectivity index (χ1n) is 11.0. The Kier molecular flexibility index (Phi) is 6.26. The van der Waals surface area contributed by atoms with Crippen LogP contribution >= 0.6 is 0 Å². The number of rotatable bonds is 4. The van der Waals surface area contributed by atoms with Crippen molar-refractivity contribution < 1.29 is 4.79 Å². The van der Waals surface area contributed by atoms with Crippen LogP contribution < -0.4 is 10.9 Å². The van der Waals surface area contributed by atoms with E-state index in [0.29, 0.717) is 23.3 Å². The first kappa shape index (κ1) is 20.3. The summed E-state index contributed by atoms with van der Waals surface area (Å²) < 4.78 is 1.74. The lowest BCUT2D eigenvalue weighted by atomic mass is 9.96. The minimum atomic E-state index is -0.0990. The number of carbonyl (C=O) groups excluding carboxylic acids is 1. The Bertz CT molecular complexity index is 1080. The summed E-state index contributed by atoms with van der Waals surface area (Å²) in [5.74, 6) is -0.0530. The SMILES string of the molecule is Cc1nc2cc(C(=O)NC3CCCCCCC3)ccc2n(Cc2ccccc2)c1=O. The van der Waals surface area contributed by atoms with Crippen molar-refractivity contribution >= 4 is 16.9 Å². The molecular weight excluding hydrogens is 374 g/mol. The number of aryl methyl sites for hydroxylation is 1. The van der Waals surface area contributed by atoms with Crippen molar-refractivity contribution in [3.8, 4) is 0 Å². The summed E-state index contributed by atoms with van der Waals surface area (Å²) in [7, 11) is 0. The molecule has 1 heterocycles. The molecule has 0 unspecified atom stereocenters. The van der Waals surface area contributed by atoms with Crippen molar-refractivity contribution in [2.24, 2.45) is 0 Å². The number of hydrogen-bond donors (Lipinski definition) is 1. The maximum absolute atomic E-state index is 12.9. The number of nitrogens with one attached hydrogen (secondary N) is 1. The van der Waals surface area contributed by atoms with E-state index in [1.54, 1.807) is 17.6 Å². The lowest BCUT2D eigenvalue weighted by Gasteiger charge is -2.21. The molecule has 3 aromatic rings. The summed E-state index contributed by atoms with van der Waals surface area (Å²) in [4.78, 5) is 30.1. The lowest BCUT2D eigenvalue weighted by Crippen LogP contribution is -2.35. The highest BCUT2D eigenvalue weighted by molar-refractivity contribution is 5.97. The van der Waals surface area contributed by atoms with Gasteiger partial charge in [0.05, 0.1) is 17.6 Å². The van der Waals surface area contributed by atoms with Gasteiger partial charge in [-0.3, -0.25) is 9.59 Å². The van der Waals surface area contributed by atoms with Gasteiger partial charge < -0.3 is 9.88 Å². The average Bonchev–Trinajstić information content (AvgIpc) is 2.73. The van der Waals surface area contributed by atoms with E-state index in [-0.39, 0.29) is 17.5 Å². The average molecular weight is 404 g/mol. The zero-order chi connectivity index (χ0) is 20.9. The minimum Gasteiger partial charge on any atom is -0.349 e. The number of amides is 1. The van der Waals surface area contributed by atoms with Gasteiger partial charge in [-0.15, -0.1) is 0 Å². The fraction of sp³-hybridized carbons (Fsp3) is 0.400. The molecule has 0 atom stereocenters. The van der Waals surface area contributed by atoms with Gasteiger partial charge in [-0.25, -0.2) is 4.98 Å². The first-order valence-corrected chi connectivity index (χ1v) is 11.0. The van der Waals surface area contributed by atoms with E-state index in [9.17, 15) is 9.59 Å². The van der Waals surface area contributed by atoms with Crippen LogP contribution in [0.1, 0.15) is 66.6 Å². The maximum atomic E-state index is 12.9. The van der Waals surface area contributed by atoms with E-state index in [2.05, 4.69) is 10.3 Å². The summed E-state index contributed by atoms with van der Waals surface area (Å²) in [6.45, 7) is 2.21. The monoisotopic (exact) mass is 403 g/mol. The number of benzene rings is 2. The van der Waals surface area contributed by atoms with Gasteiger partial charge in [0, 0.05) is 11.6 Å². The van der Waals surface area contributed by atoms with Gasteiger partial charge in [-0.2, -0.15) is 0 Å². The molecule has 1 aromatic heterocycles. The molecule has 2 aromatic carbocycles. The van der Waals surface area contributed by atoms with Gasteiger partial charge in [0.15, 0.2) is 0 Å². The molecule has 1 fully saturated rings. The van der Waals surface area contributed by atoms with Crippen molar-refractivity contribution in [1.29, 1.82) is 0 Å². The summed E-state index contributed by atoms with van der Waals surface area (Å²) in [6.07, 6.45) is 8.26. The van der Waals surface area contributed by atoms with Crippen LogP contribution in [0, 0.1) is 6.92 Å². The topological polar surface area (TPSA) is 64.0 Å². The summed E-state index contributed by atoms with van der Waals surface area (Å²) in [5.41, 5.74) is 3.42. The molecule has 4 rings (SSSR count). The summed E-state index contributed by atoms with van der Waals surface area (Å²) >= 11 is 0. The number of fused-ring (bicyclic) bond motifs is 1. The van der Waals surface area contributed by atoms with Crippen molar-refractivity contribution in [2.75, 3.05) is 0 Å². The zero-order valence-electron chi connectivity index (χ0n) is 17.6. The van der Waals surface area contributed by atoms with Gasteiger partial charge in [0.1, 0.15) is 5.69 Å². The maximum Gasteiger partial charge on any atom is 0.272 e. The highest BCUT2D eigenvalue weighted by Crippen LogP contribution is 2.19. The van der Waals surface area contributed by atoms with Crippen LogP contribution in [0.15, 0.2) is 53.3 Å². The first-order chi connectivity index (χ1) is 14.6. The quantitative estimate of drug-likeness (QED) is 0.693. The normalized spacial score (nSPS) is 15.5. The standard InChI is InChI=1S/C25H29N3O2/c1-18-25(30)28(17-19-10-6-5-7-11-19)23-15-14-20(16-22(23)26-18)24(29)27-21-12-8-3-2-4-9-13-21/h5-7,10-11,14-16,21H,2-4,8-9,12-13,17H2,1H3,(H,27,29). The predicted molar refractivity (Wildman–Crippen MR) is 120 cm³/mol. The highest BCUT2D eigenvalue weighted by Gasteiger charge is 2.17.